The van der Waals surface area contributed by atoms with E-state index in [1.807, 2.05) is 30.3 Å². The number of nitrogens with one attached hydrogen (secondary N) is 1. The molecule has 0 aromatic heterocycles. The Balaban J connectivity index is 1.55. The Morgan fingerprint density at radius 3 is 2.19 bits per heavy atom. The number of halogens is 3. The van der Waals surface area contributed by atoms with E-state index in [1.165, 1.54) is 17.7 Å². The van der Waals surface area contributed by atoms with Gasteiger partial charge in [-0.15, -0.1) is 0 Å². The first kappa shape index (κ1) is 24.1. The number of carbonyl (C=O) groups is 1. The minimum Gasteiger partial charge on any atom is -0.478 e. The van der Waals surface area contributed by atoms with Crippen molar-refractivity contribution in [2.24, 2.45) is 5.92 Å². The van der Waals surface area contributed by atoms with Crippen LogP contribution in [0.5, 0.6) is 0 Å². The Hall–Kier alpha value is -3.64. The molecule has 1 heterocycles. The van der Waals surface area contributed by atoms with Crippen LogP contribution in [0.4, 0.5) is 13.2 Å². The summed E-state index contributed by atoms with van der Waals surface area (Å²) >= 11 is 0. The lowest BCUT2D eigenvalue weighted by molar-refractivity contribution is -0.137. The molecule has 5 rings (SSSR count). The monoisotopic (exact) mass is 489 g/mol. The molecule has 0 spiro atoms. The van der Waals surface area contributed by atoms with E-state index >= 15 is 0 Å². The molecule has 1 aliphatic rings. The molecule has 0 radical (unpaired) electrons. The second kappa shape index (κ2) is 9.43. The fourth-order valence-corrected chi connectivity index (χ4v) is 5.18. The van der Waals surface area contributed by atoms with Gasteiger partial charge in [-0.05, 0) is 100 Å². The standard InChI is InChI=1S/C30H26F3NO2/c1-18-17-34-13-12-26(18)20-2-4-21(5-3-20)28-16-24(29(35)36)15-23-14-22(8-11-27(23)28)19-6-9-25(10-7-19)30(31,32)33/h2-11,14-16,18,26,34H,12-13,17H2,1H3,(H,35,36). The predicted octanol–water partition coefficient (Wildman–Crippen LogP) is 7.60. The molecule has 1 saturated heterocycles. The first-order chi connectivity index (χ1) is 17.2. The number of fused-ring (bicyclic) bond motifs is 1. The molecule has 3 nitrogen and oxygen atoms in total. The van der Waals surface area contributed by atoms with Crippen LogP contribution in [0, 0.1) is 5.92 Å². The lowest BCUT2D eigenvalue weighted by Crippen LogP contribution is -2.33. The van der Waals surface area contributed by atoms with E-state index in [2.05, 4.69) is 24.4 Å². The zero-order chi connectivity index (χ0) is 25.4. The van der Waals surface area contributed by atoms with Crippen LogP contribution in [0.1, 0.15) is 40.7 Å². The minimum absolute atomic E-state index is 0.165. The highest BCUT2D eigenvalue weighted by Crippen LogP contribution is 2.36. The van der Waals surface area contributed by atoms with E-state index in [1.54, 1.807) is 12.1 Å². The Bertz CT molecular complexity index is 1410. The van der Waals surface area contributed by atoms with Gasteiger partial charge in [0, 0.05) is 0 Å². The number of benzene rings is 4. The lowest BCUT2D eigenvalue weighted by atomic mass is 9.82. The summed E-state index contributed by atoms with van der Waals surface area (Å²) in [6.07, 6.45) is -3.31. The Morgan fingerprint density at radius 1 is 0.889 bits per heavy atom. The van der Waals surface area contributed by atoms with Gasteiger partial charge >= 0.3 is 12.1 Å². The lowest BCUT2D eigenvalue weighted by Gasteiger charge is -2.30. The van der Waals surface area contributed by atoms with Crippen molar-refractivity contribution in [2.75, 3.05) is 13.1 Å². The maximum atomic E-state index is 12.9. The second-order valence-corrected chi connectivity index (χ2v) is 9.54. The number of hydrogen-bond acceptors (Lipinski definition) is 2. The van der Waals surface area contributed by atoms with Crippen LogP contribution < -0.4 is 5.32 Å². The van der Waals surface area contributed by atoms with E-state index in [-0.39, 0.29) is 5.56 Å². The van der Waals surface area contributed by atoms with Crippen LogP contribution in [-0.2, 0) is 6.18 Å². The highest BCUT2D eigenvalue weighted by atomic mass is 19.4. The van der Waals surface area contributed by atoms with Crippen molar-refractivity contribution < 1.29 is 23.1 Å². The van der Waals surface area contributed by atoms with E-state index in [9.17, 15) is 23.1 Å². The average molecular weight is 490 g/mol. The smallest absolute Gasteiger partial charge is 0.416 e. The summed E-state index contributed by atoms with van der Waals surface area (Å²) in [4.78, 5) is 11.9. The fourth-order valence-electron chi connectivity index (χ4n) is 5.18. The largest absolute Gasteiger partial charge is 0.478 e. The zero-order valence-electron chi connectivity index (χ0n) is 19.8. The van der Waals surface area contributed by atoms with Crippen LogP contribution in [-0.4, -0.2) is 24.2 Å². The van der Waals surface area contributed by atoms with Crippen molar-refractivity contribution in [1.29, 1.82) is 0 Å². The molecule has 1 fully saturated rings. The van der Waals surface area contributed by atoms with Crippen molar-refractivity contribution in [3.8, 4) is 22.3 Å². The number of carboxylic acid groups (broad SMARTS) is 1. The highest BCUT2D eigenvalue weighted by Gasteiger charge is 2.30. The summed E-state index contributed by atoms with van der Waals surface area (Å²) in [5.74, 6) is 0.0105. The predicted molar refractivity (Wildman–Crippen MR) is 136 cm³/mol. The van der Waals surface area contributed by atoms with Crippen LogP contribution in [0.3, 0.4) is 0 Å². The topological polar surface area (TPSA) is 49.3 Å². The molecule has 4 aromatic rings. The van der Waals surface area contributed by atoms with Gasteiger partial charge in [0.15, 0.2) is 0 Å². The van der Waals surface area contributed by atoms with Gasteiger partial charge < -0.3 is 10.4 Å². The molecule has 0 saturated carbocycles. The van der Waals surface area contributed by atoms with Gasteiger partial charge in [0.1, 0.15) is 0 Å². The summed E-state index contributed by atoms with van der Waals surface area (Å²) in [7, 11) is 0. The number of alkyl halides is 3. The van der Waals surface area contributed by atoms with Crippen molar-refractivity contribution >= 4 is 16.7 Å². The maximum absolute atomic E-state index is 12.9. The summed E-state index contributed by atoms with van der Waals surface area (Å²) in [6, 6.07) is 22.3. The van der Waals surface area contributed by atoms with Crippen LogP contribution >= 0.6 is 0 Å². The molecular formula is C30H26F3NO2. The van der Waals surface area contributed by atoms with Gasteiger partial charge in [0.05, 0.1) is 11.1 Å². The highest BCUT2D eigenvalue weighted by molar-refractivity contribution is 6.04. The molecule has 2 atom stereocenters. The number of piperidine rings is 1. The van der Waals surface area contributed by atoms with Crippen molar-refractivity contribution in [3.05, 3.63) is 95.6 Å². The summed E-state index contributed by atoms with van der Waals surface area (Å²) in [5.41, 5.74) is 3.84. The first-order valence-electron chi connectivity index (χ1n) is 12.0. The summed E-state index contributed by atoms with van der Waals surface area (Å²) in [6.45, 7) is 4.26. The van der Waals surface area contributed by atoms with Crippen molar-refractivity contribution in [1.82, 2.24) is 5.32 Å². The van der Waals surface area contributed by atoms with Gasteiger partial charge in [-0.1, -0.05) is 55.5 Å². The molecule has 36 heavy (non-hydrogen) atoms. The third-order valence-electron chi connectivity index (χ3n) is 7.18. The van der Waals surface area contributed by atoms with E-state index in [0.29, 0.717) is 17.4 Å². The van der Waals surface area contributed by atoms with Gasteiger partial charge in [0.2, 0.25) is 0 Å². The number of carboxylic acids is 1. The number of hydrogen-bond donors (Lipinski definition) is 2. The Morgan fingerprint density at radius 2 is 1.56 bits per heavy atom. The molecular weight excluding hydrogens is 463 g/mol. The van der Waals surface area contributed by atoms with Gasteiger partial charge in [-0.2, -0.15) is 13.2 Å². The molecule has 6 heteroatoms. The van der Waals surface area contributed by atoms with E-state index < -0.39 is 17.7 Å². The summed E-state index contributed by atoms with van der Waals surface area (Å²) in [5, 5.41) is 14.8. The minimum atomic E-state index is -4.39. The number of rotatable bonds is 4. The summed E-state index contributed by atoms with van der Waals surface area (Å²) < 4.78 is 38.8. The second-order valence-electron chi connectivity index (χ2n) is 9.54. The molecule has 2 N–H and O–H groups in total. The van der Waals surface area contributed by atoms with Crippen LogP contribution in [0.2, 0.25) is 0 Å². The molecule has 1 aliphatic heterocycles. The average Bonchev–Trinajstić information content (AvgIpc) is 2.87. The Labute approximate surface area is 207 Å². The normalized spacial score (nSPS) is 18.3. The van der Waals surface area contributed by atoms with Gasteiger partial charge in [-0.25, -0.2) is 4.79 Å². The first-order valence-corrected chi connectivity index (χ1v) is 12.0. The SMILES string of the molecule is CC1CNCCC1c1ccc(-c2cc(C(=O)O)cc3cc(-c4ccc(C(F)(F)F)cc4)ccc23)cc1. The van der Waals surface area contributed by atoms with Crippen LogP contribution in [0.15, 0.2) is 78.9 Å². The molecule has 0 aliphatic carbocycles. The van der Waals surface area contributed by atoms with E-state index in [0.717, 1.165) is 59.1 Å². The number of aromatic carboxylic acids is 1. The molecule has 4 aromatic carbocycles. The molecule has 2 unspecified atom stereocenters. The molecule has 0 bridgehead atoms. The molecule has 184 valence electrons. The maximum Gasteiger partial charge on any atom is 0.416 e. The molecule has 0 amide bonds. The van der Waals surface area contributed by atoms with Crippen LogP contribution in [0.25, 0.3) is 33.0 Å². The third kappa shape index (κ3) is 4.73. The van der Waals surface area contributed by atoms with Gasteiger partial charge in [0.25, 0.3) is 0 Å². The van der Waals surface area contributed by atoms with Gasteiger partial charge in [-0.3, -0.25) is 0 Å². The third-order valence-corrected chi connectivity index (χ3v) is 7.18. The fraction of sp³-hybridized carbons (Fsp3) is 0.233. The van der Waals surface area contributed by atoms with E-state index in [4.69, 9.17) is 0 Å². The quantitative estimate of drug-likeness (QED) is 0.310. The Kier molecular flexibility index (Phi) is 6.31. The van der Waals surface area contributed by atoms with Crippen molar-refractivity contribution in [2.45, 2.75) is 25.4 Å². The van der Waals surface area contributed by atoms with Crippen molar-refractivity contribution in [3.63, 3.8) is 0 Å². The zero-order valence-corrected chi connectivity index (χ0v) is 19.8.